The average Bonchev–Trinajstić information content (AvgIpc) is 3.17. The number of benzene rings is 1. The molecule has 136 valence electrons. The number of carbonyl (C=O) groups excluding carboxylic acids is 1. The Hall–Kier alpha value is -2.60. The van der Waals surface area contributed by atoms with Crippen molar-refractivity contribution in [3.63, 3.8) is 0 Å². The number of imidazole rings is 1. The summed E-state index contributed by atoms with van der Waals surface area (Å²) < 4.78 is 1.78. The van der Waals surface area contributed by atoms with Crippen LogP contribution in [0.1, 0.15) is 36.8 Å². The number of nitrogens with one attached hydrogen (secondary N) is 2. The molecule has 7 heteroatoms. The van der Waals surface area contributed by atoms with Crippen LogP contribution in [-0.2, 0) is 17.9 Å². The Kier molecular flexibility index (Phi) is 5.73. The lowest BCUT2D eigenvalue weighted by molar-refractivity contribution is -0.116. The lowest BCUT2D eigenvalue weighted by Crippen LogP contribution is -2.20. The number of hydrogen-bond acceptors (Lipinski definition) is 3. The van der Waals surface area contributed by atoms with Gasteiger partial charge in [0, 0.05) is 18.2 Å². The van der Waals surface area contributed by atoms with Gasteiger partial charge in [0.2, 0.25) is 5.91 Å². The molecule has 0 saturated heterocycles. The number of halogens is 1. The molecule has 2 heterocycles. The largest absolute Gasteiger partial charge is 0.345 e. The number of aromatic amines is 1. The van der Waals surface area contributed by atoms with Crippen molar-refractivity contribution in [2.45, 2.75) is 39.8 Å². The van der Waals surface area contributed by atoms with Crippen molar-refractivity contribution < 1.29 is 4.79 Å². The molecule has 2 N–H and O–H groups in total. The number of unbranched alkanes of at least 4 members (excludes halogenated alkanes) is 1. The zero-order valence-electron chi connectivity index (χ0n) is 14.9. The zero-order valence-corrected chi connectivity index (χ0v) is 15.7. The number of carbonyl (C=O) groups is 1. The molecule has 0 bridgehead atoms. The molecule has 2 aromatic heterocycles. The van der Waals surface area contributed by atoms with Gasteiger partial charge in [0.05, 0.1) is 23.3 Å². The predicted octanol–water partition coefficient (Wildman–Crippen LogP) is 3.85. The Bertz CT molecular complexity index is 908. The molecule has 0 aliphatic heterocycles. The Morgan fingerprint density at radius 3 is 2.96 bits per heavy atom. The van der Waals surface area contributed by atoms with Gasteiger partial charge in [-0.2, -0.15) is 5.10 Å². The van der Waals surface area contributed by atoms with Gasteiger partial charge in [-0.25, -0.2) is 4.98 Å². The Morgan fingerprint density at radius 1 is 1.38 bits per heavy atom. The molecule has 0 aliphatic carbocycles. The summed E-state index contributed by atoms with van der Waals surface area (Å²) in [4.78, 5) is 19.7. The van der Waals surface area contributed by atoms with Gasteiger partial charge in [-0.3, -0.25) is 9.48 Å². The summed E-state index contributed by atoms with van der Waals surface area (Å²) in [7, 11) is 0. The van der Waals surface area contributed by atoms with E-state index in [1.807, 2.05) is 31.2 Å². The predicted molar refractivity (Wildman–Crippen MR) is 104 cm³/mol. The molecule has 1 aromatic carbocycles. The molecule has 0 fully saturated rings. The highest BCUT2D eigenvalue weighted by atomic mass is 35.5. The first-order valence-corrected chi connectivity index (χ1v) is 9.08. The van der Waals surface area contributed by atoms with E-state index in [-0.39, 0.29) is 5.91 Å². The van der Waals surface area contributed by atoms with Gasteiger partial charge in [-0.1, -0.05) is 37.1 Å². The maximum absolute atomic E-state index is 12.1. The summed E-state index contributed by atoms with van der Waals surface area (Å²) in [5, 5.41) is 7.82. The zero-order chi connectivity index (χ0) is 18.5. The van der Waals surface area contributed by atoms with Crippen LogP contribution in [-0.4, -0.2) is 25.7 Å². The van der Waals surface area contributed by atoms with Crippen LogP contribution >= 0.6 is 11.6 Å². The van der Waals surface area contributed by atoms with Gasteiger partial charge < -0.3 is 10.3 Å². The maximum atomic E-state index is 12.1. The van der Waals surface area contributed by atoms with Gasteiger partial charge >= 0.3 is 0 Å². The SMILES string of the molecule is CCCCn1nc(C)c(/C=C/C(=O)NCc2nc3ccccc3[nH]2)c1Cl. The van der Waals surface area contributed by atoms with Gasteiger partial charge in [-0.15, -0.1) is 0 Å². The topological polar surface area (TPSA) is 75.6 Å². The number of amides is 1. The molecule has 3 aromatic rings. The third-order valence-corrected chi connectivity index (χ3v) is 4.50. The van der Waals surface area contributed by atoms with Crippen LogP contribution in [0.3, 0.4) is 0 Å². The summed E-state index contributed by atoms with van der Waals surface area (Å²) >= 11 is 6.37. The minimum Gasteiger partial charge on any atom is -0.345 e. The van der Waals surface area contributed by atoms with Crippen molar-refractivity contribution in [2.24, 2.45) is 0 Å². The molecule has 6 nitrogen and oxygen atoms in total. The number of rotatable bonds is 7. The molecule has 0 spiro atoms. The van der Waals surface area contributed by atoms with E-state index in [1.54, 1.807) is 10.8 Å². The highest BCUT2D eigenvalue weighted by Crippen LogP contribution is 2.21. The van der Waals surface area contributed by atoms with Crippen LogP contribution < -0.4 is 5.32 Å². The standard InChI is InChI=1S/C19H22ClN5O/c1-3-4-11-25-19(20)14(13(2)24-25)9-10-18(26)21-12-17-22-15-7-5-6-8-16(15)23-17/h5-10H,3-4,11-12H2,1-2H3,(H,21,26)(H,22,23)/b10-9+. The first-order valence-electron chi connectivity index (χ1n) is 8.71. The van der Waals surface area contributed by atoms with Crippen molar-refractivity contribution in [3.8, 4) is 0 Å². The second kappa shape index (κ2) is 8.19. The highest BCUT2D eigenvalue weighted by molar-refractivity contribution is 6.31. The first kappa shape index (κ1) is 18.2. The summed E-state index contributed by atoms with van der Waals surface area (Å²) in [6, 6.07) is 7.76. The molecule has 0 atom stereocenters. The van der Waals surface area contributed by atoms with Gasteiger partial charge in [0.25, 0.3) is 0 Å². The molecular formula is C19H22ClN5O. The monoisotopic (exact) mass is 371 g/mol. The maximum Gasteiger partial charge on any atom is 0.244 e. The van der Waals surface area contributed by atoms with Crippen LogP contribution in [0.4, 0.5) is 0 Å². The number of aromatic nitrogens is 4. The van der Waals surface area contributed by atoms with Gasteiger partial charge in [0.15, 0.2) is 0 Å². The minimum atomic E-state index is -0.206. The lowest BCUT2D eigenvalue weighted by Gasteiger charge is -2.01. The van der Waals surface area contributed by atoms with Gasteiger partial charge in [0.1, 0.15) is 11.0 Å². The molecular weight excluding hydrogens is 350 g/mol. The second-order valence-corrected chi connectivity index (χ2v) is 6.48. The second-order valence-electron chi connectivity index (χ2n) is 6.12. The van der Waals surface area contributed by atoms with Crippen molar-refractivity contribution in [3.05, 3.63) is 52.6 Å². The van der Waals surface area contributed by atoms with E-state index in [4.69, 9.17) is 11.6 Å². The number of hydrogen-bond donors (Lipinski definition) is 2. The van der Waals surface area contributed by atoms with E-state index < -0.39 is 0 Å². The fraction of sp³-hybridized carbons (Fsp3) is 0.316. The first-order chi connectivity index (χ1) is 12.6. The van der Waals surface area contributed by atoms with E-state index in [0.717, 1.165) is 47.5 Å². The van der Waals surface area contributed by atoms with Crippen molar-refractivity contribution in [2.75, 3.05) is 0 Å². The fourth-order valence-electron chi connectivity index (χ4n) is 2.69. The van der Waals surface area contributed by atoms with Crippen LogP contribution in [0.5, 0.6) is 0 Å². The van der Waals surface area contributed by atoms with E-state index in [0.29, 0.717) is 11.7 Å². The number of fused-ring (bicyclic) bond motifs is 1. The molecule has 0 unspecified atom stereocenters. The smallest absolute Gasteiger partial charge is 0.244 e. The molecule has 1 amide bonds. The quantitative estimate of drug-likeness (QED) is 0.619. The third-order valence-electron chi connectivity index (χ3n) is 4.10. The minimum absolute atomic E-state index is 0.206. The molecule has 3 rings (SSSR count). The number of H-pyrrole nitrogens is 1. The van der Waals surface area contributed by atoms with Gasteiger partial charge in [-0.05, 0) is 31.6 Å². The van der Waals surface area contributed by atoms with E-state index in [2.05, 4.69) is 27.3 Å². The molecule has 26 heavy (non-hydrogen) atoms. The van der Waals surface area contributed by atoms with Crippen molar-refractivity contribution in [1.29, 1.82) is 0 Å². The van der Waals surface area contributed by atoms with Crippen LogP contribution in [0.2, 0.25) is 5.15 Å². The Morgan fingerprint density at radius 2 is 2.19 bits per heavy atom. The highest BCUT2D eigenvalue weighted by Gasteiger charge is 2.11. The summed E-state index contributed by atoms with van der Waals surface area (Å²) in [6.07, 6.45) is 5.27. The summed E-state index contributed by atoms with van der Waals surface area (Å²) in [6.45, 7) is 5.13. The van der Waals surface area contributed by atoms with E-state index in [9.17, 15) is 4.79 Å². The van der Waals surface area contributed by atoms with Crippen LogP contribution in [0, 0.1) is 6.92 Å². The Labute approximate surface area is 157 Å². The molecule has 0 saturated carbocycles. The third kappa shape index (κ3) is 4.14. The van der Waals surface area contributed by atoms with E-state index in [1.165, 1.54) is 6.08 Å². The number of nitrogens with zero attached hydrogens (tertiary/aromatic N) is 3. The number of para-hydroxylation sites is 2. The number of aryl methyl sites for hydroxylation is 2. The van der Waals surface area contributed by atoms with Crippen molar-refractivity contribution >= 4 is 34.6 Å². The fourth-order valence-corrected chi connectivity index (χ4v) is 3.01. The van der Waals surface area contributed by atoms with E-state index >= 15 is 0 Å². The molecule has 0 aliphatic rings. The summed E-state index contributed by atoms with van der Waals surface area (Å²) in [5.74, 6) is 0.511. The van der Waals surface area contributed by atoms with Crippen LogP contribution in [0.15, 0.2) is 30.3 Å². The van der Waals surface area contributed by atoms with Crippen molar-refractivity contribution in [1.82, 2.24) is 25.1 Å². The normalized spacial score (nSPS) is 11.5. The van der Waals surface area contributed by atoms with Crippen LogP contribution in [0.25, 0.3) is 17.1 Å². The summed E-state index contributed by atoms with van der Waals surface area (Å²) in [5.41, 5.74) is 3.43. The Balaban J connectivity index is 1.61. The molecule has 0 radical (unpaired) electrons. The average molecular weight is 372 g/mol. The lowest BCUT2D eigenvalue weighted by atomic mass is 10.2.